The minimum absolute atomic E-state index is 0.0198. The molecule has 3 heterocycles. The van der Waals surface area contributed by atoms with E-state index < -0.39 is 22.0 Å². The van der Waals surface area contributed by atoms with Crippen LogP contribution in [0.25, 0.3) is 10.6 Å². The van der Waals surface area contributed by atoms with Gasteiger partial charge in [0.05, 0.1) is 11.1 Å². The van der Waals surface area contributed by atoms with Crippen LogP contribution in [0.4, 0.5) is 13.2 Å². The van der Waals surface area contributed by atoms with Gasteiger partial charge in [-0.05, 0) is 37.6 Å². The molecule has 11 heteroatoms. The summed E-state index contributed by atoms with van der Waals surface area (Å²) in [6.45, 7) is 1.78. The van der Waals surface area contributed by atoms with E-state index in [9.17, 15) is 21.6 Å². The molecule has 0 unspecified atom stereocenters. The molecule has 3 aromatic heterocycles. The Morgan fingerprint density at radius 3 is 2.64 bits per heavy atom. The number of rotatable bonds is 7. The molecule has 0 spiro atoms. The molecule has 0 aliphatic carbocycles. The van der Waals surface area contributed by atoms with E-state index in [1.54, 1.807) is 19.3 Å². The Bertz CT molecular complexity index is 1020. The lowest BCUT2D eigenvalue weighted by molar-refractivity contribution is -0.155. The predicted octanol–water partition coefficient (Wildman–Crippen LogP) is 4.66. The Morgan fingerprint density at radius 2 is 2.04 bits per heavy atom. The van der Waals surface area contributed by atoms with Crippen LogP contribution in [0, 0.1) is 0 Å². The third-order valence-electron chi connectivity index (χ3n) is 4.27. The van der Waals surface area contributed by atoms with Crippen molar-refractivity contribution in [2.75, 3.05) is 7.05 Å². The van der Waals surface area contributed by atoms with Crippen LogP contribution in [-0.4, -0.2) is 31.0 Å². The van der Waals surface area contributed by atoms with Crippen molar-refractivity contribution in [3.05, 3.63) is 48.1 Å². The van der Waals surface area contributed by atoms with Gasteiger partial charge in [-0.15, -0.1) is 11.3 Å². The first-order valence-electron chi connectivity index (χ1n) is 8.23. The standard InChI is InChI=1S/C17H17F3N2O4S2/c1-11(5-6-12-4-3-9-25-12)22(2)28(23,24)16-8-7-14(27-16)13-10-15(26-21-13)17(18,19)20/h3-4,7-11H,5-6H2,1-2H3/t11-/m1/s1. The number of aryl methyl sites for hydroxylation is 1. The lowest BCUT2D eigenvalue weighted by Crippen LogP contribution is -2.35. The molecule has 0 aromatic carbocycles. The number of halogens is 3. The van der Waals surface area contributed by atoms with Gasteiger partial charge >= 0.3 is 6.18 Å². The van der Waals surface area contributed by atoms with Crippen molar-refractivity contribution in [2.45, 2.75) is 36.2 Å². The molecule has 0 bridgehead atoms. The summed E-state index contributed by atoms with van der Waals surface area (Å²) in [4.78, 5) is 0.273. The number of hydrogen-bond donors (Lipinski definition) is 0. The first-order chi connectivity index (χ1) is 13.1. The van der Waals surface area contributed by atoms with E-state index in [1.807, 2.05) is 6.07 Å². The molecule has 0 saturated heterocycles. The number of furan rings is 1. The van der Waals surface area contributed by atoms with Crippen LogP contribution < -0.4 is 0 Å². The molecular formula is C17H17F3N2O4S2. The van der Waals surface area contributed by atoms with E-state index in [2.05, 4.69) is 9.68 Å². The van der Waals surface area contributed by atoms with Crippen molar-refractivity contribution in [1.29, 1.82) is 0 Å². The highest BCUT2D eigenvalue weighted by molar-refractivity contribution is 7.91. The first-order valence-corrected chi connectivity index (χ1v) is 10.5. The molecule has 3 aromatic rings. The van der Waals surface area contributed by atoms with Crippen LogP contribution in [0.15, 0.2) is 49.7 Å². The smallest absolute Gasteiger partial charge is 0.452 e. The highest BCUT2D eigenvalue weighted by atomic mass is 32.2. The summed E-state index contributed by atoms with van der Waals surface area (Å²) in [7, 11) is -2.33. The van der Waals surface area contributed by atoms with Crippen molar-refractivity contribution in [1.82, 2.24) is 9.46 Å². The monoisotopic (exact) mass is 434 g/mol. The molecule has 0 amide bonds. The quantitative estimate of drug-likeness (QED) is 0.541. The average molecular weight is 434 g/mol. The van der Waals surface area contributed by atoms with Crippen molar-refractivity contribution >= 4 is 21.4 Å². The van der Waals surface area contributed by atoms with E-state index in [-0.39, 0.29) is 20.8 Å². The molecule has 0 fully saturated rings. The number of sulfonamides is 1. The molecule has 6 nitrogen and oxygen atoms in total. The molecule has 0 radical (unpaired) electrons. The normalized spacial score (nSPS) is 13.9. The van der Waals surface area contributed by atoms with Gasteiger partial charge in [0.1, 0.15) is 15.7 Å². The van der Waals surface area contributed by atoms with Gasteiger partial charge in [-0.1, -0.05) is 5.16 Å². The van der Waals surface area contributed by atoms with Crippen LogP contribution in [0.5, 0.6) is 0 Å². The highest BCUT2D eigenvalue weighted by Crippen LogP contribution is 2.36. The van der Waals surface area contributed by atoms with Crippen LogP contribution >= 0.6 is 11.3 Å². The van der Waals surface area contributed by atoms with E-state index in [0.717, 1.165) is 23.2 Å². The summed E-state index contributed by atoms with van der Waals surface area (Å²) in [5.74, 6) is -0.466. The molecular weight excluding hydrogens is 417 g/mol. The number of nitrogens with zero attached hydrogens (tertiary/aromatic N) is 2. The van der Waals surface area contributed by atoms with Gasteiger partial charge in [0.15, 0.2) is 0 Å². The zero-order chi connectivity index (χ0) is 20.5. The Morgan fingerprint density at radius 1 is 1.29 bits per heavy atom. The van der Waals surface area contributed by atoms with Crippen molar-refractivity contribution in [3.8, 4) is 10.6 Å². The SMILES string of the molecule is C[C@H](CCc1ccco1)N(C)S(=O)(=O)c1ccc(-c2cc(C(F)(F)F)on2)s1. The van der Waals surface area contributed by atoms with E-state index in [4.69, 9.17) is 4.42 Å². The average Bonchev–Trinajstić information content (AvgIpc) is 3.38. The molecule has 0 saturated carbocycles. The maximum absolute atomic E-state index is 12.8. The fourth-order valence-corrected chi connectivity index (χ4v) is 5.32. The summed E-state index contributed by atoms with van der Waals surface area (Å²) in [6, 6.07) is 6.80. The van der Waals surface area contributed by atoms with Gasteiger partial charge in [-0.25, -0.2) is 8.42 Å². The number of alkyl halides is 3. The number of aromatic nitrogens is 1. The van der Waals surface area contributed by atoms with Crippen LogP contribution in [0.1, 0.15) is 24.9 Å². The Hall–Kier alpha value is -2.11. The molecule has 3 rings (SSSR count). The Labute approximate surface area is 163 Å². The molecule has 0 aliphatic heterocycles. The summed E-state index contributed by atoms with van der Waals surface area (Å²) >= 11 is 0.840. The lowest BCUT2D eigenvalue weighted by atomic mass is 10.1. The second-order valence-corrected chi connectivity index (χ2v) is 9.49. The van der Waals surface area contributed by atoms with Gasteiger partial charge in [0.25, 0.3) is 10.0 Å². The van der Waals surface area contributed by atoms with Gasteiger partial charge in [0.2, 0.25) is 5.76 Å². The van der Waals surface area contributed by atoms with Gasteiger partial charge < -0.3 is 8.94 Å². The van der Waals surface area contributed by atoms with E-state index >= 15 is 0 Å². The van der Waals surface area contributed by atoms with Crippen LogP contribution in [0.2, 0.25) is 0 Å². The third-order valence-corrected chi connectivity index (χ3v) is 7.81. The fraction of sp³-hybridized carbons (Fsp3) is 0.353. The lowest BCUT2D eigenvalue weighted by Gasteiger charge is -2.23. The van der Waals surface area contributed by atoms with Crippen molar-refractivity contribution < 1.29 is 30.5 Å². The van der Waals surface area contributed by atoms with Gasteiger partial charge in [0, 0.05) is 25.6 Å². The molecule has 0 aliphatic rings. The van der Waals surface area contributed by atoms with E-state index in [1.165, 1.54) is 23.5 Å². The second-order valence-electron chi connectivity index (χ2n) is 6.18. The number of hydrogen-bond acceptors (Lipinski definition) is 6. The minimum Gasteiger partial charge on any atom is -0.469 e. The van der Waals surface area contributed by atoms with Crippen molar-refractivity contribution in [2.24, 2.45) is 0 Å². The van der Waals surface area contributed by atoms with E-state index in [0.29, 0.717) is 12.8 Å². The number of thiophene rings is 1. The summed E-state index contributed by atoms with van der Waals surface area (Å²) in [6.07, 6.45) is -1.95. The topological polar surface area (TPSA) is 76.6 Å². The zero-order valence-corrected chi connectivity index (χ0v) is 16.6. The van der Waals surface area contributed by atoms with Crippen molar-refractivity contribution in [3.63, 3.8) is 0 Å². The Kier molecular flexibility index (Phi) is 5.69. The molecule has 28 heavy (non-hydrogen) atoms. The third kappa shape index (κ3) is 4.31. The summed E-state index contributed by atoms with van der Waals surface area (Å²) in [5, 5.41) is 3.38. The maximum Gasteiger partial charge on any atom is 0.452 e. The zero-order valence-electron chi connectivity index (χ0n) is 14.9. The largest absolute Gasteiger partial charge is 0.469 e. The second kappa shape index (κ2) is 7.72. The molecule has 1 atom stereocenters. The minimum atomic E-state index is -4.65. The Balaban J connectivity index is 1.74. The molecule has 0 N–H and O–H groups in total. The maximum atomic E-state index is 12.8. The summed E-state index contributed by atoms with van der Waals surface area (Å²) in [5.41, 5.74) is -0.0627. The summed E-state index contributed by atoms with van der Waals surface area (Å²) < 4.78 is 74.4. The van der Waals surface area contributed by atoms with Crippen LogP contribution in [-0.2, 0) is 22.6 Å². The fourth-order valence-electron chi connectivity index (χ4n) is 2.49. The first kappa shape index (κ1) is 20.6. The van der Waals surface area contributed by atoms with Gasteiger partial charge in [-0.3, -0.25) is 0 Å². The predicted molar refractivity (Wildman–Crippen MR) is 96.3 cm³/mol. The van der Waals surface area contributed by atoms with Crippen LogP contribution in [0.3, 0.4) is 0 Å². The van der Waals surface area contributed by atoms with Gasteiger partial charge in [-0.2, -0.15) is 17.5 Å². The highest BCUT2D eigenvalue weighted by Gasteiger charge is 2.36. The molecule has 152 valence electrons.